The van der Waals surface area contributed by atoms with E-state index in [-0.39, 0.29) is 24.4 Å². The van der Waals surface area contributed by atoms with Crippen LogP contribution < -0.4 is 14.8 Å². The van der Waals surface area contributed by atoms with E-state index in [0.29, 0.717) is 24.1 Å². The number of halogens is 2. The van der Waals surface area contributed by atoms with Gasteiger partial charge in [0.05, 0.1) is 11.0 Å². The van der Waals surface area contributed by atoms with E-state index in [9.17, 15) is 23.5 Å². The molecule has 0 bridgehead atoms. The molecule has 33 heavy (non-hydrogen) atoms. The monoisotopic (exact) mass is 453 g/mol. The molecule has 0 atom stereocenters. The number of alkyl halides is 2. The fourth-order valence-corrected chi connectivity index (χ4v) is 4.10. The van der Waals surface area contributed by atoms with E-state index in [1.165, 1.54) is 18.2 Å². The van der Waals surface area contributed by atoms with Crippen LogP contribution in [0.25, 0.3) is 11.1 Å². The summed E-state index contributed by atoms with van der Waals surface area (Å²) in [6.07, 6.45) is -2.56. The summed E-state index contributed by atoms with van der Waals surface area (Å²) in [5.41, 5.74) is 2.93. The van der Waals surface area contributed by atoms with Crippen molar-refractivity contribution in [2.45, 2.75) is 31.5 Å². The van der Waals surface area contributed by atoms with Gasteiger partial charge in [-0.15, -0.1) is 8.78 Å². The molecule has 0 radical (unpaired) electrons. The Kier molecular flexibility index (Phi) is 4.63. The number of hydrogen-bond donors (Lipinski definition) is 2. The summed E-state index contributed by atoms with van der Waals surface area (Å²) in [5, 5.41) is 12.2. The minimum absolute atomic E-state index is 0. The van der Waals surface area contributed by atoms with Crippen molar-refractivity contribution in [3.8, 4) is 22.6 Å². The van der Waals surface area contributed by atoms with Gasteiger partial charge in [-0.2, -0.15) is 0 Å². The van der Waals surface area contributed by atoms with Crippen LogP contribution in [-0.4, -0.2) is 23.3 Å². The summed E-state index contributed by atoms with van der Waals surface area (Å²) in [6, 6.07) is 16.4. The Morgan fingerprint density at radius 1 is 1.00 bits per heavy atom. The minimum Gasteiger partial charge on any atom is -0.478 e. The number of carboxylic acid groups (broad SMARTS) is 1. The molecule has 0 aromatic heterocycles. The zero-order valence-corrected chi connectivity index (χ0v) is 17.5. The summed E-state index contributed by atoms with van der Waals surface area (Å²) >= 11 is 0. The van der Waals surface area contributed by atoms with Crippen LogP contribution in [0, 0.1) is 6.92 Å². The van der Waals surface area contributed by atoms with E-state index < -0.39 is 17.7 Å². The number of anilines is 1. The number of ether oxygens (including phenoxy) is 2. The number of aryl methyl sites for hydroxylation is 1. The highest BCUT2D eigenvalue weighted by atomic mass is 19.3. The molecule has 1 aliphatic carbocycles. The first-order valence-electron chi connectivity index (χ1n) is 10.3. The number of nitrogens with one attached hydrogen (secondary N) is 1. The number of carbonyl (C=O) groups is 2. The molecule has 1 heterocycles. The largest absolute Gasteiger partial charge is 0.586 e. The highest BCUT2D eigenvalue weighted by Crippen LogP contribution is 2.52. The molecule has 1 amide bonds. The van der Waals surface area contributed by atoms with Gasteiger partial charge in [0.15, 0.2) is 11.5 Å². The van der Waals surface area contributed by atoms with E-state index in [4.69, 9.17) is 0 Å². The predicted octanol–water partition coefficient (Wildman–Crippen LogP) is 5.60. The lowest BCUT2D eigenvalue weighted by atomic mass is 9.94. The molecule has 3 aromatic rings. The first kappa shape index (κ1) is 20.9. The number of rotatable bonds is 5. The Balaban J connectivity index is 0.00000274. The maximum Gasteiger partial charge on any atom is 0.586 e. The second-order valence-corrected chi connectivity index (χ2v) is 8.28. The second-order valence-electron chi connectivity index (χ2n) is 8.28. The molecule has 170 valence electrons. The number of carbonyl (C=O) groups excluding carboxylic acids is 1. The van der Waals surface area contributed by atoms with E-state index in [1.807, 2.05) is 19.1 Å². The number of fused-ring (bicyclic) bond motifs is 1. The van der Waals surface area contributed by atoms with Gasteiger partial charge in [0.2, 0.25) is 5.91 Å². The average Bonchev–Trinajstić information content (AvgIpc) is 3.52. The third kappa shape index (κ3) is 3.77. The fraction of sp³-hybridized carbons (Fsp3) is 0.200. The standard InChI is InChI=1S/C25H19F2NO5.H2/c1-14-5-7-18(13-19(14)15-3-2-4-16(11-15)22(29)30)28-23(31)24(9-10-24)17-6-8-20-21(12-17)33-25(26,27)32-20;/h2-8,11-13H,9-10H2,1H3,(H,28,31)(H,29,30);1H. The number of carboxylic acids is 1. The minimum atomic E-state index is -3.71. The zero-order chi connectivity index (χ0) is 23.4. The molecule has 0 saturated heterocycles. The van der Waals surface area contributed by atoms with Crippen LogP contribution >= 0.6 is 0 Å². The topological polar surface area (TPSA) is 84.9 Å². The van der Waals surface area contributed by atoms with Gasteiger partial charge in [0.1, 0.15) is 0 Å². The summed E-state index contributed by atoms with van der Waals surface area (Å²) in [5.74, 6) is -1.42. The maximum absolute atomic E-state index is 13.4. The number of benzene rings is 3. The first-order chi connectivity index (χ1) is 15.7. The van der Waals surface area contributed by atoms with Crippen molar-refractivity contribution in [2.24, 2.45) is 0 Å². The second kappa shape index (κ2) is 7.30. The third-order valence-corrected chi connectivity index (χ3v) is 6.05. The van der Waals surface area contributed by atoms with Crippen molar-refractivity contribution in [1.29, 1.82) is 0 Å². The van der Waals surface area contributed by atoms with E-state index in [1.54, 1.807) is 30.3 Å². The Labute approximate surface area is 189 Å². The van der Waals surface area contributed by atoms with Gasteiger partial charge in [-0.05, 0) is 78.4 Å². The van der Waals surface area contributed by atoms with Gasteiger partial charge in [0, 0.05) is 7.11 Å². The van der Waals surface area contributed by atoms with Crippen LogP contribution in [0.3, 0.4) is 0 Å². The van der Waals surface area contributed by atoms with Gasteiger partial charge in [-0.1, -0.05) is 24.3 Å². The Hall–Kier alpha value is -3.94. The van der Waals surface area contributed by atoms with Gasteiger partial charge >= 0.3 is 12.3 Å². The highest BCUT2D eigenvalue weighted by molar-refractivity contribution is 6.02. The van der Waals surface area contributed by atoms with Crippen molar-refractivity contribution < 1.29 is 34.4 Å². The van der Waals surface area contributed by atoms with Crippen molar-refractivity contribution in [3.05, 3.63) is 77.4 Å². The summed E-state index contributed by atoms with van der Waals surface area (Å²) in [7, 11) is 0. The molecule has 1 fully saturated rings. The van der Waals surface area contributed by atoms with Crippen molar-refractivity contribution in [3.63, 3.8) is 0 Å². The Bertz CT molecular complexity index is 1310. The molecule has 8 heteroatoms. The summed E-state index contributed by atoms with van der Waals surface area (Å²) < 4.78 is 35.7. The quantitative estimate of drug-likeness (QED) is 0.526. The highest BCUT2D eigenvalue weighted by Gasteiger charge is 2.52. The summed E-state index contributed by atoms with van der Waals surface area (Å²) in [6.45, 7) is 1.90. The molecule has 0 spiro atoms. The number of amides is 1. The number of hydrogen-bond acceptors (Lipinski definition) is 4. The first-order valence-corrected chi connectivity index (χ1v) is 10.3. The van der Waals surface area contributed by atoms with Crippen LogP contribution in [-0.2, 0) is 10.2 Å². The molecule has 1 saturated carbocycles. The van der Waals surface area contributed by atoms with Crippen LogP contribution in [0.4, 0.5) is 14.5 Å². The zero-order valence-electron chi connectivity index (χ0n) is 17.5. The van der Waals surface area contributed by atoms with Gasteiger partial charge in [-0.3, -0.25) is 4.79 Å². The normalized spacial score (nSPS) is 16.8. The Morgan fingerprint density at radius 2 is 1.76 bits per heavy atom. The van der Waals surface area contributed by atoms with E-state index >= 15 is 0 Å². The van der Waals surface area contributed by atoms with Gasteiger partial charge in [-0.25, -0.2) is 4.79 Å². The number of aromatic carboxylic acids is 1. The molecule has 6 nitrogen and oxygen atoms in total. The molecule has 0 unspecified atom stereocenters. The molecule has 2 aliphatic rings. The van der Waals surface area contributed by atoms with Crippen molar-refractivity contribution in [2.75, 3.05) is 5.32 Å². The van der Waals surface area contributed by atoms with E-state index in [0.717, 1.165) is 16.7 Å². The van der Waals surface area contributed by atoms with Crippen LogP contribution in [0.15, 0.2) is 60.7 Å². The average molecular weight is 453 g/mol. The molecule has 5 rings (SSSR count). The lowest BCUT2D eigenvalue weighted by molar-refractivity contribution is -0.286. The van der Waals surface area contributed by atoms with Gasteiger partial charge in [0.25, 0.3) is 0 Å². The molecule has 2 N–H and O–H groups in total. The molecule has 3 aromatic carbocycles. The van der Waals surface area contributed by atoms with E-state index in [2.05, 4.69) is 14.8 Å². The third-order valence-electron chi connectivity index (χ3n) is 6.05. The van der Waals surface area contributed by atoms with Crippen molar-refractivity contribution in [1.82, 2.24) is 0 Å². The Morgan fingerprint density at radius 3 is 2.48 bits per heavy atom. The van der Waals surface area contributed by atoms with Crippen LogP contribution in [0.2, 0.25) is 0 Å². The summed E-state index contributed by atoms with van der Waals surface area (Å²) in [4.78, 5) is 24.5. The molecular formula is C25H21F2NO5. The van der Waals surface area contributed by atoms with Crippen molar-refractivity contribution >= 4 is 17.6 Å². The van der Waals surface area contributed by atoms with Gasteiger partial charge < -0.3 is 19.9 Å². The molecule has 1 aliphatic heterocycles. The smallest absolute Gasteiger partial charge is 0.478 e. The lowest BCUT2D eigenvalue weighted by Gasteiger charge is -2.17. The fourth-order valence-electron chi connectivity index (χ4n) is 4.10. The lowest BCUT2D eigenvalue weighted by Crippen LogP contribution is -2.28. The predicted molar refractivity (Wildman–Crippen MR) is 118 cm³/mol. The van der Waals surface area contributed by atoms with Crippen LogP contribution in [0.5, 0.6) is 11.5 Å². The van der Waals surface area contributed by atoms with Crippen LogP contribution in [0.1, 0.15) is 35.8 Å². The maximum atomic E-state index is 13.4. The molecular weight excluding hydrogens is 432 g/mol. The SMILES string of the molecule is Cc1ccc(NC(=O)C2(c3ccc4c(c3)OC(F)(F)O4)CC2)cc1-c1cccc(C(=O)O)c1.[HH].